The third-order valence-electron chi connectivity index (χ3n) is 14.9. The Hall–Kier alpha value is -10.2. The molecule has 350 valence electrons. The van der Waals surface area contributed by atoms with Crippen LogP contribution in [0.3, 0.4) is 0 Å². The van der Waals surface area contributed by atoms with Crippen molar-refractivity contribution in [2.24, 2.45) is 0 Å². The number of hydrogen-bond donors (Lipinski definition) is 0. The summed E-state index contributed by atoms with van der Waals surface area (Å²) < 4.78 is 7.36. The van der Waals surface area contributed by atoms with Crippen LogP contribution in [-0.2, 0) is 0 Å². The fourth-order valence-corrected chi connectivity index (χ4v) is 11.6. The zero-order chi connectivity index (χ0) is 49.4. The van der Waals surface area contributed by atoms with E-state index in [4.69, 9.17) is 15.0 Å². The van der Waals surface area contributed by atoms with Gasteiger partial charge >= 0.3 is 0 Å². The number of fused-ring (bicyclic) bond motifs is 9. The van der Waals surface area contributed by atoms with Gasteiger partial charge in [0.2, 0.25) is 0 Å². The molecule has 4 heterocycles. The Kier molecular flexibility index (Phi) is 9.78. The number of aromatic nitrogens is 6. The number of nitrogens with zero attached hydrogens (tertiary/aromatic N) is 6. The molecular formula is C69H44N6. The Bertz CT molecular complexity index is 4590. The quantitative estimate of drug-likeness (QED) is 0.152. The molecule has 0 spiro atoms. The summed E-state index contributed by atoms with van der Waals surface area (Å²) in [6, 6.07) is 95.2. The Labute approximate surface area is 432 Å². The average molecular weight is 957 g/mol. The lowest BCUT2D eigenvalue weighted by molar-refractivity contribution is 1.06. The van der Waals surface area contributed by atoms with Crippen molar-refractivity contribution in [3.63, 3.8) is 0 Å². The second-order valence-corrected chi connectivity index (χ2v) is 19.1. The highest BCUT2D eigenvalue weighted by Gasteiger charge is 2.26. The van der Waals surface area contributed by atoms with Crippen LogP contribution in [0, 0.1) is 0 Å². The third kappa shape index (κ3) is 6.84. The first kappa shape index (κ1) is 42.5. The van der Waals surface area contributed by atoms with Crippen molar-refractivity contribution in [1.82, 2.24) is 28.7 Å². The fourth-order valence-electron chi connectivity index (χ4n) is 11.6. The standard InChI is InChI=1S/C69H44N6/c1-3-20-45(21-4-1)47-40-42-48(43-41-47)67-70-68(50-25-17-24-49(44-50)46-22-5-2-6-23-46)72-69(71-67)55-30-11-16-36-61(55)75-63-38-19-37-62(73-57-32-12-7-26-51(57)52-27-8-13-33-58(52)73)65(63)56-31-18-39-64(66(56)75)74-59-34-14-9-28-53(59)54-29-10-15-35-60(54)74/h1-44H. The summed E-state index contributed by atoms with van der Waals surface area (Å²) >= 11 is 0. The van der Waals surface area contributed by atoms with Crippen molar-refractivity contribution >= 4 is 65.4 Å². The predicted octanol–water partition coefficient (Wildman–Crippen LogP) is 17.5. The molecule has 0 radical (unpaired) electrons. The molecule has 6 heteroatoms. The topological polar surface area (TPSA) is 53.5 Å². The van der Waals surface area contributed by atoms with Crippen LogP contribution >= 0.6 is 0 Å². The molecule has 0 N–H and O–H groups in total. The lowest BCUT2D eigenvalue weighted by Gasteiger charge is -2.17. The average Bonchev–Trinajstić information content (AvgIpc) is 4.15. The van der Waals surface area contributed by atoms with Gasteiger partial charge in [-0.3, -0.25) is 0 Å². The van der Waals surface area contributed by atoms with Crippen LogP contribution in [0.5, 0.6) is 0 Å². The molecule has 4 aromatic heterocycles. The molecular weight excluding hydrogens is 913 g/mol. The van der Waals surface area contributed by atoms with Crippen LogP contribution in [0.2, 0.25) is 0 Å². The first-order valence-electron chi connectivity index (χ1n) is 25.4. The van der Waals surface area contributed by atoms with E-state index in [2.05, 4.69) is 268 Å². The Balaban J connectivity index is 1.03. The summed E-state index contributed by atoms with van der Waals surface area (Å²) in [4.78, 5) is 16.2. The van der Waals surface area contributed by atoms with E-state index in [0.29, 0.717) is 17.5 Å². The molecule has 6 nitrogen and oxygen atoms in total. The highest BCUT2D eigenvalue weighted by Crippen LogP contribution is 2.45. The Morgan fingerprint density at radius 3 is 1.24 bits per heavy atom. The van der Waals surface area contributed by atoms with Gasteiger partial charge in [-0.05, 0) is 82.9 Å². The summed E-state index contributed by atoms with van der Waals surface area (Å²) in [7, 11) is 0. The van der Waals surface area contributed by atoms with Crippen LogP contribution in [-0.4, -0.2) is 28.7 Å². The molecule has 0 fully saturated rings. The summed E-state index contributed by atoms with van der Waals surface area (Å²) in [5.41, 5.74) is 17.0. The van der Waals surface area contributed by atoms with Gasteiger partial charge in [0.1, 0.15) is 0 Å². The zero-order valence-electron chi connectivity index (χ0n) is 40.6. The van der Waals surface area contributed by atoms with Crippen LogP contribution < -0.4 is 0 Å². The Morgan fingerprint density at radius 1 is 0.227 bits per heavy atom. The van der Waals surface area contributed by atoms with Gasteiger partial charge in [-0.2, -0.15) is 0 Å². The number of para-hydroxylation sites is 6. The molecule has 0 bridgehead atoms. The van der Waals surface area contributed by atoms with Crippen molar-refractivity contribution in [3.8, 4) is 73.5 Å². The Morgan fingerprint density at radius 2 is 0.613 bits per heavy atom. The molecule has 0 aliphatic rings. The van der Waals surface area contributed by atoms with Crippen molar-refractivity contribution in [3.05, 3.63) is 267 Å². The van der Waals surface area contributed by atoms with Gasteiger partial charge in [0.05, 0.1) is 50.2 Å². The molecule has 75 heavy (non-hydrogen) atoms. The van der Waals surface area contributed by atoms with Crippen molar-refractivity contribution in [2.45, 2.75) is 0 Å². The number of hydrogen-bond acceptors (Lipinski definition) is 3. The largest absolute Gasteiger partial charge is 0.309 e. The summed E-state index contributed by atoms with van der Waals surface area (Å²) in [5, 5.41) is 7.12. The maximum absolute atomic E-state index is 5.47. The summed E-state index contributed by atoms with van der Waals surface area (Å²) in [6.45, 7) is 0. The molecule has 0 atom stereocenters. The predicted molar refractivity (Wildman–Crippen MR) is 310 cm³/mol. The number of rotatable bonds is 8. The molecule has 0 aliphatic carbocycles. The maximum Gasteiger partial charge on any atom is 0.166 e. The van der Waals surface area contributed by atoms with Crippen molar-refractivity contribution in [1.29, 1.82) is 0 Å². The molecule has 0 amide bonds. The molecule has 0 saturated heterocycles. The molecule has 15 aromatic rings. The van der Waals surface area contributed by atoms with Gasteiger partial charge in [0.15, 0.2) is 17.5 Å². The molecule has 11 aromatic carbocycles. The molecule has 0 aliphatic heterocycles. The van der Waals surface area contributed by atoms with E-state index in [1.807, 2.05) is 12.1 Å². The number of benzene rings is 11. The highest BCUT2D eigenvalue weighted by molar-refractivity contribution is 6.19. The minimum atomic E-state index is 0.575. The van der Waals surface area contributed by atoms with E-state index in [0.717, 1.165) is 99.9 Å². The third-order valence-corrected chi connectivity index (χ3v) is 14.9. The normalized spacial score (nSPS) is 11.7. The van der Waals surface area contributed by atoms with E-state index in [9.17, 15) is 0 Å². The summed E-state index contributed by atoms with van der Waals surface area (Å²) in [5.74, 6) is 1.76. The molecule has 15 rings (SSSR count). The van der Waals surface area contributed by atoms with E-state index >= 15 is 0 Å². The van der Waals surface area contributed by atoms with Gasteiger partial charge in [0, 0.05) is 49.0 Å². The van der Waals surface area contributed by atoms with Crippen molar-refractivity contribution < 1.29 is 0 Å². The van der Waals surface area contributed by atoms with Crippen LogP contribution in [0.4, 0.5) is 0 Å². The van der Waals surface area contributed by atoms with Gasteiger partial charge in [-0.15, -0.1) is 0 Å². The molecule has 0 saturated carbocycles. The van der Waals surface area contributed by atoms with E-state index in [1.54, 1.807) is 0 Å². The zero-order valence-corrected chi connectivity index (χ0v) is 40.6. The second-order valence-electron chi connectivity index (χ2n) is 19.1. The first-order chi connectivity index (χ1) is 37.2. The van der Waals surface area contributed by atoms with Gasteiger partial charge < -0.3 is 13.7 Å². The van der Waals surface area contributed by atoms with Crippen LogP contribution in [0.15, 0.2) is 267 Å². The van der Waals surface area contributed by atoms with Gasteiger partial charge in [0.25, 0.3) is 0 Å². The second kappa shape index (κ2) is 17.3. The fraction of sp³-hybridized carbons (Fsp3) is 0. The van der Waals surface area contributed by atoms with Crippen LogP contribution in [0.1, 0.15) is 0 Å². The van der Waals surface area contributed by atoms with Gasteiger partial charge in [-0.25, -0.2) is 15.0 Å². The maximum atomic E-state index is 5.47. The van der Waals surface area contributed by atoms with Crippen LogP contribution in [0.25, 0.3) is 139 Å². The highest BCUT2D eigenvalue weighted by atomic mass is 15.1. The first-order valence-corrected chi connectivity index (χ1v) is 25.4. The minimum Gasteiger partial charge on any atom is -0.309 e. The lowest BCUT2D eigenvalue weighted by atomic mass is 10.0. The molecule has 0 unspecified atom stereocenters. The summed E-state index contributed by atoms with van der Waals surface area (Å²) in [6.07, 6.45) is 0. The minimum absolute atomic E-state index is 0.575. The lowest BCUT2D eigenvalue weighted by Crippen LogP contribution is -2.05. The van der Waals surface area contributed by atoms with E-state index < -0.39 is 0 Å². The van der Waals surface area contributed by atoms with E-state index in [-0.39, 0.29) is 0 Å². The SMILES string of the molecule is c1ccc(-c2ccc(-c3nc(-c4cccc(-c5ccccc5)c4)nc(-c4ccccc4-n4c5cccc(-n6c7ccccc7c7ccccc76)c5c5cccc(-n6c7ccccc7c7ccccc76)c54)n3)cc2)cc1. The van der Waals surface area contributed by atoms with Crippen molar-refractivity contribution in [2.75, 3.05) is 0 Å². The van der Waals surface area contributed by atoms with E-state index in [1.165, 1.54) is 21.5 Å². The smallest absolute Gasteiger partial charge is 0.166 e. The monoisotopic (exact) mass is 956 g/mol. The van der Waals surface area contributed by atoms with Gasteiger partial charge in [-0.1, -0.05) is 206 Å².